The Balaban J connectivity index is 1.59. The van der Waals surface area contributed by atoms with Gasteiger partial charge < -0.3 is 15.2 Å². The highest BCUT2D eigenvalue weighted by Crippen LogP contribution is 2.24. The maximum Gasteiger partial charge on any atom is 0.266 e. The number of pyridine rings is 1. The smallest absolute Gasteiger partial charge is 0.266 e. The SMILES string of the molecule is Cc1[nH]c(=O)c(C#N)c(C)c1CCC(=O)Nc1ccc(N2CCC(C)CC2)cc1. The van der Waals surface area contributed by atoms with Crippen molar-refractivity contribution in [3.8, 4) is 6.07 Å². The molecule has 1 fully saturated rings. The minimum absolute atomic E-state index is 0.0898. The normalized spacial score (nSPS) is 14.5. The minimum Gasteiger partial charge on any atom is -0.372 e. The second kappa shape index (κ2) is 8.95. The molecule has 6 heteroatoms. The summed E-state index contributed by atoms with van der Waals surface area (Å²) in [6.45, 7) is 8.01. The van der Waals surface area contributed by atoms with Crippen LogP contribution in [0.5, 0.6) is 0 Å². The molecule has 2 N–H and O–H groups in total. The summed E-state index contributed by atoms with van der Waals surface area (Å²) in [5, 5.41) is 12.1. The number of carbonyl (C=O) groups is 1. The number of carbonyl (C=O) groups excluding carboxylic acids is 1. The van der Waals surface area contributed by atoms with Crippen molar-refractivity contribution < 1.29 is 4.79 Å². The van der Waals surface area contributed by atoms with Gasteiger partial charge in [-0.3, -0.25) is 9.59 Å². The zero-order valence-corrected chi connectivity index (χ0v) is 17.3. The molecule has 2 aromatic rings. The molecule has 0 aliphatic carbocycles. The predicted octanol–water partition coefficient (Wildman–Crippen LogP) is 3.67. The summed E-state index contributed by atoms with van der Waals surface area (Å²) < 4.78 is 0. The Labute approximate surface area is 171 Å². The van der Waals surface area contributed by atoms with E-state index in [1.54, 1.807) is 13.8 Å². The molecule has 0 radical (unpaired) electrons. The van der Waals surface area contributed by atoms with E-state index < -0.39 is 0 Å². The second-order valence-electron chi connectivity index (χ2n) is 7.93. The molecule has 1 aromatic carbocycles. The monoisotopic (exact) mass is 392 g/mol. The number of nitrogens with zero attached hydrogens (tertiary/aromatic N) is 2. The quantitative estimate of drug-likeness (QED) is 0.812. The molecule has 6 nitrogen and oxygen atoms in total. The number of rotatable bonds is 5. The molecular weight excluding hydrogens is 364 g/mol. The first-order valence-electron chi connectivity index (χ1n) is 10.2. The van der Waals surface area contributed by atoms with E-state index in [4.69, 9.17) is 5.26 Å². The zero-order chi connectivity index (χ0) is 21.0. The lowest BCUT2D eigenvalue weighted by atomic mass is 9.98. The Bertz CT molecular complexity index is 978. The third-order valence-corrected chi connectivity index (χ3v) is 5.82. The van der Waals surface area contributed by atoms with Crippen LogP contribution in [0.15, 0.2) is 29.1 Å². The highest BCUT2D eigenvalue weighted by atomic mass is 16.1. The van der Waals surface area contributed by atoms with Gasteiger partial charge in [-0.05, 0) is 74.4 Å². The van der Waals surface area contributed by atoms with Gasteiger partial charge in [-0.25, -0.2) is 0 Å². The number of aryl methyl sites for hydroxylation is 1. The van der Waals surface area contributed by atoms with Gasteiger partial charge in [0.05, 0.1) is 0 Å². The number of nitriles is 1. The maximum atomic E-state index is 12.4. The highest BCUT2D eigenvalue weighted by Gasteiger charge is 2.16. The van der Waals surface area contributed by atoms with E-state index in [0.717, 1.165) is 30.3 Å². The van der Waals surface area contributed by atoms with Crippen molar-refractivity contribution in [3.63, 3.8) is 0 Å². The Morgan fingerprint density at radius 1 is 1.24 bits per heavy atom. The van der Waals surface area contributed by atoms with Crippen LogP contribution in [0.4, 0.5) is 11.4 Å². The average molecular weight is 393 g/mol. The van der Waals surface area contributed by atoms with Crippen molar-refractivity contribution in [3.05, 3.63) is 57.0 Å². The number of aromatic nitrogens is 1. The van der Waals surface area contributed by atoms with E-state index >= 15 is 0 Å². The van der Waals surface area contributed by atoms with E-state index in [0.29, 0.717) is 17.7 Å². The summed E-state index contributed by atoms with van der Waals surface area (Å²) in [5.41, 5.74) is 3.93. The molecule has 0 bridgehead atoms. The van der Waals surface area contributed by atoms with Gasteiger partial charge in [-0.1, -0.05) is 6.92 Å². The summed E-state index contributed by atoms with van der Waals surface area (Å²) in [7, 11) is 0. The standard InChI is InChI=1S/C23H28N4O2/c1-15-10-12-27(13-11-15)19-6-4-18(5-7-19)26-22(28)9-8-20-16(2)21(14-24)23(29)25-17(20)3/h4-7,15H,8-13H2,1-3H3,(H,25,29)(H,26,28). The molecule has 152 valence electrons. The third kappa shape index (κ3) is 4.86. The average Bonchev–Trinajstić information content (AvgIpc) is 2.69. The predicted molar refractivity (Wildman–Crippen MR) is 115 cm³/mol. The number of amides is 1. The van der Waals surface area contributed by atoms with E-state index in [2.05, 4.69) is 34.3 Å². The van der Waals surface area contributed by atoms with E-state index in [1.807, 2.05) is 18.2 Å². The van der Waals surface area contributed by atoms with Crippen LogP contribution in [0.2, 0.25) is 0 Å². The fourth-order valence-electron chi connectivity index (χ4n) is 3.90. The third-order valence-electron chi connectivity index (χ3n) is 5.82. The number of piperidine rings is 1. The van der Waals surface area contributed by atoms with E-state index in [-0.39, 0.29) is 23.5 Å². The molecule has 1 aliphatic heterocycles. The molecule has 0 atom stereocenters. The van der Waals surface area contributed by atoms with Gasteiger partial charge in [-0.2, -0.15) is 5.26 Å². The molecule has 1 aromatic heterocycles. The molecule has 0 saturated carbocycles. The van der Waals surface area contributed by atoms with Gasteiger partial charge in [0.25, 0.3) is 5.56 Å². The Hall–Kier alpha value is -3.07. The largest absolute Gasteiger partial charge is 0.372 e. The van der Waals surface area contributed by atoms with Gasteiger partial charge in [0.1, 0.15) is 11.6 Å². The lowest BCUT2D eigenvalue weighted by Gasteiger charge is -2.32. The first-order chi connectivity index (χ1) is 13.9. The van der Waals surface area contributed by atoms with Gasteiger partial charge >= 0.3 is 0 Å². The fraction of sp³-hybridized carbons (Fsp3) is 0.435. The topological polar surface area (TPSA) is 89.0 Å². The van der Waals surface area contributed by atoms with Crippen LogP contribution in [0, 0.1) is 31.1 Å². The second-order valence-corrected chi connectivity index (χ2v) is 7.93. The highest BCUT2D eigenvalue weighted by molar-refractivity contribution is 5.91. The van der Waals surface area contributed by atoms with Crippen LogP contribution in [0.25, 0.3) is 0 Å². The number of anilines is 2. The summed E-state index contributed by atoms with van der Waals surface area (Å²) >= 11 is 0. The fourth-order valence-corrected chi connectivity index (χ4v) is 3.90. The lowest BCUT2D eigenvalue weighted by molar-refractivity contribution is -0.116. The molecule has 2 heterocycles. The molecule has 1 saturated heterocycles. The van der Waals surface area contributed by atoms with Crippen molar-refractivity contribution in [1.29, 1.82) is 5.26 Å². The van der Waals surface area contributed by atoms with E-state index in [1.165, 1.54) is 18.5 Å². The summed E-state index contributed by atoms with van der Waals surface area (Å²) in [4.78, 5) is 29.3. The summed E-state index contributed by atoms with van der Waals surface area (Å²) in [6, 6.07) is 9.94. The summed E-state index contributed by atoms with van der Waals surface area (Å²) in [6.07, 6.45) is 3.19. The number of H-pyrrole nitrogens is 1. The van der Waals surface area contributed by atoms with Gasteiger partial charge in [0, 0.05) is 36.6 Å². The van der Waals surface area contributed by atoms with Crippen molar-refractivity contribution in [2.24, 2.45) is 5.92 Å². The molecule has 3 rings (SSSR count). The molecule has 0 spiro atoms. The Morgan fingerprint density at radius 3 is 2.52 bits per heavy atom. The van der Waals surface area contributed by atoms with E-state index in [9.17, 15) is 9.59 Å². The maximum absolute atomic E-state index is 12.4. The van der Waals surface area contributed by atoms with Crippen LogP contribution in [0.3, 0.4) is 0 Å². The van der Waals surface area contributed by atoms with Crippen LogP contribution >= 0.6 is 0 Å². The number of hydrogen-bond acceptors (Lipinski definition) is 4. The number of hydrogen-bond donors (Lipinski definition) is 2. The number of benzene rings is 1. The first kappa shape index (κ1) is 20.7. The molecule has 0 unspecified atom stereocenters. The minimum atomic E-state index is -0.376. The molecular formula is C23H28N4O2. The van der Waals surface area contributed by atoms with Crippen molar-refractivity contribution in [2.45, 2.75) is 46.5 Å². The van der Waals surface area contributed by atoms with Crippen molar-refractivity contribution >= 4 is 17.3 Å². The van der Waals surface area contributed by atoms with Gasteiger partial charge in [0.2, 0.25) is 5.91 Å². The summed E-state index contributed by atoms with van der Waals surface area (Å²) in [5.74, 6) is 0.705. The Morgan fingerprint density at radius 2 is 1.90 bits per heavy atom. The lowest BCUT2D eigenvalue weighted by Crippen LogP contribution is -2.32. The molecule has 1 amide bonds. The van der Waals surface area contributed by atoms with Crippen LogP contribution in [-0.4, -0.2) is 24.0 Å². The Kier molecular flexibility index (Phi) is 6.38. The number of nitrogens with one attached hydrogen (secondary N) is 2. The zero-order valence-electron chi connectivity index (χ0n) is 17.3. The van der Waals surface area contributed by atoms with Gasteiger partial charge in [-0.15, -0.1) is 0 Å². The van der Waals surface area contributed by atoms with Crippen LogP contribution < -0.4 is 15.8 Å². The molecule has 1 aliphatic rings. The van der Waals surface area contributed by atoms with Crippen molar-refractivity contribution in [2.75, 3.05) is 23.3 Å². The van der Waals surface area contributed by atoms with Crippen LogP contribution in [0.1, 0.15) is 48.6 Å². The van der Waals surface area contributed by atoms with Gasteiger partial charge in [0.15, 0.2) is 0 Å². The van der Waals surface area contributed by atoms with Crippen LogP contribution in [-0.2, 0) is 11.2 Å². The van der Waals surface area contributed by atoms with Crippen molar-refractivity contribution in [1.82, 2.24) is 4.98 Å². The first-order valence-corrected chi connectivity index (χ1v) is 10.2. The number of aromatic amines is 1. The molecule has 29 heavy (non-hydrogen) atoms.